The predicted molar refractivity (Wildman–Crippen MR) is 134 cm³/mol. The van der Waals surface area contributed by atoms with Gasteiger partial charge in [0.15, 0.2) is 0 Å². The van der Waals surface area contributed by atoms with Crippen molar-refractivity contribution >= 4 is 44.6 Å². The Labute approximate surface area is 200 Å². The van der Waals surface area contributed by atoms with Crippen LogP contribution < -0.4 is 0 Å². The van der Waals surface area contributed by atoms with Crippen LogP contribution in [0.4, 0.5) is 0 Å². The molecule has 0 amide bonds. The summed E-state index contributed by atoms with van der Waals surface area (Å²) in [4.78, 5) is 14.2. The van der Waals surface area contributed by atoms with E-state index in [-0.39, 0.29) is 18.3 Å². The highest BCUT2D eigenvalue weighted by molar-refractivity contribution is 9.10. The highest BCUT2D eigenvalue weighted by Gasteiger charge is 2.25. The largest absolute Gasteiger partial charge is 0.507 e. The summed E-state index contributed by atoms with van der Waals surface area (Å²) < 4.78 is 8.17. The number of aryl methyl sites for hydroxylation is 1. The quantitative estimate of drug-likeness (QED) is 0.216. The van der Waals surface area contributed by atoms with Crippen LogP contribution >= 0.6 is 27.7 Å². The van der Waals surface area contributed by atoms with Crippen LogP contribution in [-0.4, -0.2) is 22.2 Å². The lowest BCUT2D eigenvalue weighted by molar-refractivity contribution is 0.0527. The van der Waals surface area contributed by atoms with Gasteiger partial charge in [-0.25, -0.2) is 4.79 Å². The van der Waals surface area contributed by atoms with E-state index in [9.17, 15) is 9.90 Å². The third-order valence-electron chi connectivity index (χ3n) is 5.30. The number of aromatic nitrogens is 1. The van der Waals surface area contributed by atoms with Crippen LogP contribution in [-0.2, 0) is 17.0 Å². The number of carbonyl (C=O) groups excluding carboxylic acids is 1. The predicted octanol–water partition coefficient (Wildman–Crippen LogP) is 6.94. The molecule has 0 unspecified atom stereocenters. The van der Waals surface area contributed by atoms with E-state index in [0.717, 1.165) is 21.7 Å². The molecule has 6 heteroatoms. The Morgan fingerprint density at radius 2 is 1.81 bits per heavy atom. The van der Waals surface area contributed by atoms with Gasteiger partial charge in [-0.15, -0.1) is 11.8 Å². The minimum atomic E-state index is -0.370. The molecular formula is C26H24BrNO3S. The number of ether oxygens (including phenoxy) is 1. The smallest absolute Gasteiger partial charge is 0.340 e. The summed E-state index contributed by atoms with van der Waals surface area (Å²) in [6.07, 6.45) is 0. The first-order valence-electron chi connectivity index (χ1n) is 10.4. The average Bonchev–Trinajstić information content (AvgIpc) is 3.07. The van der Waals surface area contributed by atoms with Crippen molar-refractivity contribution in [3.8, 4) is 5.75 Å². The molecule has 0 saturated carbocycles. The van der Waals surface area contributed by atoms with Gasteiger partial charge in [0.25, 0.3) is 0 Å². The van der Waals surface area contributed by atoms with Gasteiger partial charge in [-0.1, -0.05) is 48.0 Å². The van der Waals surface area contributed by atoms with Gasteiger partial charge in [0.1, 0.15) is 5.75 Å². The highest BCUT2D eigenvalue weighted by Crippen LogP contribution is 2.37. The van der Waals surface area contributed by atoms with Gasteiger partial charge < -0.3 is 14.4 Å². The Hall–Kier alpha value is -2.70. The Morgan fingerprint density at radius 1 is 1.09 bits per heavy atom. The van der Waals surface area contributed by atoms with Crippen molar-refractivity contribution in [1.82, 2.24) is 4.57 Å². The molecule has 0 radical (unpaired) electrons. The highest BCUT2D eigenvalue weighted by atomic mass is 79.9. The Bertz CT molecular complexity index is 1250. The van der Waals surface area contributed by atoms with Crippen LogP contribution in [0.5, 0.6) is 5.75 Å². The monoisotopic (exact) mass is 509 g/mol. The number of esters is 1. The molecular weight excluding hydrogens is 486 g/mol. The number of phenols is 1. The summed E-state index contributed by atoms with van der Waals surface area (Å²) in [7, 11) is 0. The van der Waals surface area contributed by atoms with Gasteiger partial charge in [0, 0.05) is 28.3 Å². The second-order valence-electron chi connectivity index (χ2n) is 7.54. The van der Waals surface area contributed by atoms with Crippen LogP contribution in [0.15, 0.2) is 76.1 Å². The fraction of sp³-hybridized carbons (Fsp3) is 0.192. The minimum Gasteiger partial charge on any atom is -0.507 e. The zero-order valence-corrected chi connectivity index (χ0v) is 20.4. The number of nitrogens with zero attached hydrogens (tertiary/aromatic N) is 1. The summed E-state index contributed by atoms with van der Waals surface area (Å²) >= 11 is 5.11. The average molecular weight is 510 g/mol. The maximum atomic E-state index is 13.1. The van der Waals surface area contributed by atoms with Gasteiger partial charge in [0.05, 0.1) is 22.2 Å². The first kappa shape index (κ1) is 22.5. The molecule has 3 aromatic carbocycles. The minimum absolute atomic E-state index is 0.0952. The molecule has 1 heterocycles. The van der Waals surface area contributed by atoms with E-state index < -0.39 is 0 Å². The molecule has 4 nitrogen and oxygen atoms in total. The number of thioether (sulfide) groups is 1. The topological polar surface area (TPSA) is 51.5 Å². The number of rotatable bonds is 7. The number of phenolic OH excluding ortho intramolecular Hbond substituents is 1. The molecule has 164 valence electrons. The fourth-order valence-electron chi connectivity index (χ4n) is 3.72. The summed E-state index contributed by atoms with van der Waals surface area (Å²) in [6, 6.07) is 22.0. The number of fused-ring (bicyclic) bond motifs is 1. The molecule has 32 heavy (non-hydrogen) atoms. The third kappa shape index (κ3) is 4.71. The first-order valence-corrected chi connectivity index (χ1v) is 12.2. The number of aromatic hydroxyl groups is 1. The maximum absolute atomic E-state index is 13.1. The molecule has 0 aliphatic heterocycles. The van der Waals surface area contributed by atoms with Gasteiger partial charge in [-0.05, 0) is 59.6 Å². The molecule has 1 N–H and O–H groups in total. The Morgan fingerprint density at radius 3 is 2.50 bits per heavy atom. The Balaban J connectivity index is 1.89. The molecule has 0 bridgehead atoms. The lowest BCUT2D eigenvalue weighted by Crippen LogP contribution is -2.10. The Kier molecular flexibility index (Phi) is 6.92. The van der Waals surface area contributed by atoms with Crippen LogP contribution in [0.3, 0.4) is 0 Å². The SMILES string of the molecule is CCOC(=O)c1c(CSc2ccccc2)n(Cc2ccc(C)cc2)c2cc(Br)c(O)cc12. The standard InChI is InChI=1S/C26H24BrNO3S/c1-3-31-26(30)25-20-13-24(29)21(27)14-22(20)28(15-18-11-9-17(2)10-12-18)23(25)16-32-19-7-5-4-6-8-19/h4-14,29H,3,15-16H2,1-2H3. The van der Waals surface area contributed by atoms with Crippen molar-refractivity contribution in [3.63, 3.8) is 0 Å². The van der Waals surface area contributed by atoms with Gasteiger partial charge >= 0.3 is 5.97 Å². The maximum Gasteiger partial charge on any atom is 0.340 e. The van der Waals surface area contributed by atoms with Crippen molar-refractivity contribution < 1.29 is 14.6 Å². The summed E-state index contributed by atoms with van der Waals surface area (Å²) in [5.74, 6) is 0.320. The van der Waals surface area contributed by atoms with Crippen molar-refractivity contribution in [3.05, 3.63) is 93.6 Å². The number of halogens is 1. The summed E-state index contributed by atoms with van der Waals surface area (Å²) in [5, 5.41) is 11.1. The van der Waals surface area contributed by atoms with E-state index in [4.69, 9.17) is 4.74 Å². The second kappa shape index (κ2) is 9.84. The van der Waals surface area contributed by atoms with E-state index in [1.165, 1.54) is 5.56 Å². The lowest BCUT2D eigenvalue weighted by Gasteiger charge is -2.13. The number of hydrogen-bond donors (Lipinski definition) is 1. The summed E-state index contributed by atoms with van der Waals surface area (Å²) in [5.41, 5.74) is 4.61. The van der Waals surface area contributed by atoms with Crippen molar-refractivity contribution in [2.75, 3.05) is 6.61 Å². The van der Waals surface area contributed by atoms with Gasteiger partial charge in [-0.2, -0.15) is 0 Å². The molecule has 1 aromatic heterocycles. The van der Waals surface area contributed by atoms with Crippen molar-refractivity contribution in [2.24, 2.45) is 0 Å². The number of hydrogen-bond acceptors (Lipinski definition) is 4. The van der Waals surface area contributed by atoms with Crippen LogP contribution in [0.1, 0.15) is 34.1 Å². The van der Waals surface area contributed by atoms with Crippen molar-refractivity contribution in [1.29, 1.82) is 0 Å². The van der Waals surface area contributed by atoms with E-state index >= 15 is 0 Å². The molecule has 4 aromatic rings. The molecule has 0 fully saturated rings. The van der Waals surface area contributed by atoms with E-state index in [2.05, 4.69) is 63.8 Å². The fourth-order valence-corrected chi connectivity index (χ4v) is 5.00. The third-order valence-corrected chi connectivity index (χ3v) is 6.96. The summed E-state index contributed by atoms with van der Waals surface area (Å²) in [6.45, 7) is 4.76. The second-order valence-corrected chi connectivity index (χ2v) is 9.44. The molecule has 0 spiro atoms. The number of carbonyl (C=O) groups is 1. The zero-order valence-electron chi connectivity index (χ0n) is 18.0. The molecule has 4 rings (SSSR count). The zero-order chi connectivity index (χ0) is 22.7. The molecule has 0 saturated heterocycles. The molecule has 0 aliphatic carbocycles. The van der Waals surface area contributed by atoms with E-state index in [0.29, 0.717) is 27.7 Å². The van der Waals surface area contributed by atoms with Gasteiger partial charge in [-0.3, -0.25) is 0 Å². The van der Waals surface area contributed by atoms with Crippen LogP contribution in [0.2, 0.25) is 0 Å². The first-order chi connectivity index (χ1) is 15.5. The molecule has 0 atom stereocenters. The molecule has 0 aliphatic rings. The lowest BCUT2D eigenvalue weighted by atomic mass is 10.1. The van der Waals surface area contributed by atoms with Gasteiger partial charge in [0.2, 0.25) is 0 Å². The van der Waals surface area contributed by atoms with E-state index in [1.54, 1.807) is 24.8 Å². The van der Waals surface area contributed by atoms with Crippen molar-refractivity contribution in [2.45, 2.75) is 31.0 Å². The van der Waals surface area contributed by atoms with Crippen LogP contribution in [0.25, 0.3) is 10.9 Å². The normalized spacial score (nSPS) is 11.1. The van der Waals surface area contributed by atoms with Crippen LogP contribution in [0, 0.1) is 6.92 Å². The number of benzene rings is 3. The van der Waals surface area contributed by atoms with E-state index in [1.807, 2.05) is 24.3 Å².